The second-order valence-corrected chi connectivity index (χ2v) is 7.34. The van der Waals surface area contributed by atoms with Gasteiger partial charge in [0.1, 0.15) is 10.9 Å². The fourth-order valence-corrected chi connectivity index (χ4v) is 3.88. The number of aromatic nitrogens is 1. The minimum Gasteiger partial charge on any atom is -0.497 e. The van der Waals surface area contributed by atoms with Crippen LogP contribution in [0.15, 0.2) is 54.6 Å². The molecule has 0 saturated carbocycles. The van der Waals surface area contributed by atoms with Gasteiger partial charge in [0, 0.05) is 23.2 Å². The Hall–Kier alpha value is -2.63. The minimum absolute atomic E-state index is 0.00698. The first-order valence-electron chi connectivity index (χ1n) is 9.37. The number of methoxy groups -OCH3 is 1. The van der Waals surface area contributed by atoms with Crippen molar-refractivity contribution in [2.45, 2.75) is 25.4 Å². The Bertz CT molecular complexity index is 991. The van der Waals surface area contributed by atoms with E-state index in [9.17, 15) is 4.79 Å². The summed E-state index contributed by atoms with van der Waals surface area (Å²) in [4.78, 5) is 19.5. The first kappa shape index (κ1) is 18.7. The molecule has 1 amide bonds. The third-order valence-electron chi connectivity index (χ3n) is 5.15. The summed E-state index contributed by atoms with van der Waals surface area (Å²) >= 11 is 6.42. The molecule has 2 aromatic carbocycles. The Morgan fingerprint density at radius 1 is 1.25 bits per heavy atom. The fourth-order valence-electron chi connectivity index (χ4n) is 3.68. The quantitative estimate of drug-likeness (QED) is 0.646. The van der Waals surface area contributed by atoms with E-state index in [4.69, 9.17) is 16.3 Å². The highest BCUT2D eigenvalue weighted by Gasteiger charge is 2.31. The second-order valence-electron chi connectivity index (χ2n) is 6.98. The summed E-state index contributed by atoms with van der Waals surface area (Å²) in [7, 11) is 1.62. The molecule has 6 heteroatoms. The smallest absolute Gasteiger partial charge is 0.241 e. The number of likely N-dealkylation sites (tertiary alicyclic amines) is 1. The Morgan fingerprint density at radius 3 is 2.82 bits per heavy atom. The highest BCUT2D eigenvalue weighted by Crippen LogP contribution is 2.26. The molecule has 1 aliphatic heterocycles. The molecule has 0 unspecified atom stereocenters. The van der Waals surface area contributed by atoms with Gasteiger partial charge in [0.05, 0.1) is 18.7 Å². The number of para-hydroxylation sites is 1. The van der Waals surface area contributed by atoms with Crippen LogP contribution in [-0.4, -0.2) is 35.5 Å². The van der Waals surface area contributed by atoms with Crippen molar-refractivity contribution < 1.29 is 9.53 Å². The maximum Gasteiger partial charge on any atom is 0.241 e. The largest absolute Gasteiger partial charge is 0.497 e. The van der Waals surface area contributed by atoms with Crippen LogP contribution < -0.4 is 10.1 Å². The summed E-state index contributed by atoms with van der Waals surface area (Å²) in [5.74, 6) is 0.770. The van der Waals surface area contributed by atoms with Crippen LogP contribution in [-0.2, 0) is 11.3 Å². The van der Waals surface area contributed by atoms with E-state index >= 15 is 0 Å². The van der Waals surface area contributed by atoms with E-state index in [1.807, 2.05) is 48.5 Å². The normalized spacial score (nSPS) is 17.0. The first-order valence-corrected chi connectivity index (χ1v) is 9.75. The number of rotatable bonds is 5. The number of fused-ring (bicyclic) bond motifs is 1. The van der Waals surface area contributed by atoms with Gasteiger partial charge < -0.3 is 10.1 Å². The van der Waals surface area contributed by atoms with Gasteiger partial charge in [0.2, 0.25) is 5.91 Å². The van der Waals surface area contributed by atoms with Gasteiger partial charge in [-0.1, -0.05) is 29.8 Å². The molecular formula is C22H22ClN3O2. The molecule has 5 nitrogen and oxygen atoms in total. The molecule has 1 fully saturated rings. The van der Waals surface area contributed by atoms with E-state index in [1.165, 1.54) is 0 Å². The van der Waals surface area contributed by atoms with Gasteiger partial charge in [-0.3, -0.25) is 9.69 Å². The minimum atomic E-state index is -0.176. The Kier molecular flexibility index (Phi) is 5.46. The first-order chi connectivity index (χ1) is 13.6. The SMILES string of the molecule is COc1ccc(NC(=O)[C@H]2CCCN2Cc2cc3ccccc3nc2Cl)cc1. The van der Waals surface area contributed by atoms with Gasteiger partial charge in [-0.05, 0) is 55.8 Å². The summed E-state index contributed by atoms with van der Waals surface area (Å²) in [5, 5.41) is 4.57. The van der Waals surface area contributed by atoms with Gasteiger partial charge in [0.15, 0.2) is 0 Å². The van der Waals surface area contributed by atoms with Crippen LogP contribution in [0.25, 0.3) is 10.9 Å². The Labute approximate surface area is 169 Å². The molecule has 2 heterocycles. The molecule has 1 atom stereocenters. The lowest BCUT2D eigenvalue weighted by Gasteiger charge is -2.24. The van der Waals surface area contributed by atoms with Crippen LogP contribution in [0.2, 0.25) is 5.15 Å². The molecule has 0 bridgehead atoms. The Morgan fingerprint density at radius 2 is 2.04 bits per heavy atom. The van der Waals surface area contributed by atoms with Crippen molar-refractivity contribution in [2.75, 3.05) is 19.0 Å². The predicted octanol–water partition coefficient (Wildman–Crippen LogP) is 4.50. The standard InChI is InChI=1S/C22H22ClN3O2/c1-28-18-10-8-17(9-11-18)24-22(27)20-7-4-12-26(20)14-16-13-15-5-2-3-6-19(15)25-21(16)23/h2-3,5-6,8-11,13,20H,4,7,12,14H2,1H3,(H,24,27)/t20-/m1/s1. The lowest BCUT2D eigenvalue weighted by molar-refractivity contribution is -0.120. The van der Waals surface area contributed by atoms with Crippen molar-refractivity contribution in [1.29, 1.82) is 0 Å². The number of halogens is 1. The third kappa shape index (κ3) is 3.96. The molecule has 0 aliphatic carbocycles. The van der Waals surface area contributed by atoms with Gasteiger partial charge in [-0.2, -0.15) is 0 Å². The summed E-state index contributed by atoms with van der Waals surface area (Å²) in [6.45, 7) is 1.47. The van der Waals surface area contributed by atoms with Crippen molar-refractivity contribution in [2.24, 2.45) is 0 Å². The molecular weight excluding hydrogens is 374 g/mol. The molecule has 1 aliphatic rings. The van der Waals surface area contributed by atoms with Crippen LogP contribution in [0, 0.1) is 0 Å². The number of benzene rings is 2. The van der Waals surface area contributed by atoms with Crippen LogP contribution >= 0.6 is 11.6 Å². The topological polar surface area (TPSA) is 54.5 Å². The summed E-state index contributed by atoms with van der Waals surface area (Å²) in [5.41, 5.74) is 2.60. The zero-order chi connectivity index (χ0) is 19.5. The van der Waals surface area contributed by atoms with Gasteiger partial charge in [-0.25, -0.2) is 4.98 Å². The van der Waals surface area contributed by atoms with E-state index in [2.05, 4.69) is 21.3 Å². The van der Waals surface area contributed by atoms with E-state index in [0.29, 0.717) is 11.7 Å². The molecule has 1 saturated heterocycles. The van der Waals surface area contributed by atoms with Crippen LogP contribution in [0.3, 0.4) is 0 Å². The van der Waals surface area contributed by atoms with Crippen LogP contribution in [0.5, 0.6) is 5.75 Å². The fraction of sp³-hybridized carbons (Fsp3) is 0.273. The number of amides is 1. The molecule has 0 radical (unpaired) electrons. The highest BCUT2D eigenvalue weighted by molar-refractivity contribution is 6.30. The van der Waals surface area contributed by atoms with Crippen molar-refractivity contribution in [1.82, 2.24) is 9.88 Å². The molecule has 1 aromatic heterocycles. The number of carbonyl (C=O) groups excluding carboxylic acids is 1. The number of nitrogens with one attached hydrogen (secondary N) is 1. The van der Waals surface area contributed by atoms with E-state index in [0.717, 1.165) is 47.3 Å². The number of pyridine rings is 1. The summed E-state index contributed by atoms with van der Waals surface area (Å²) in [6, 6.07) is 17.2. The zero-order valence-corrected chi connectivity index (χ0v) is 16.4. The van der Waals surface area contributed by atoms with Gasteiger partial charge in [0.25, 0.3) is 0 Å². The number of ether oxygens (including phenoxy) is 1. The van der Waals surface area contributed by atoms with E-state index < -0.39 is 0 Å². The second kappa shape index (κ2) is 8.17. The third-order valence-corrected chi connectivity index (χ3v) is 5.47. The predicted molar refractivity (Wildman–Crippen MR) is 112 cm³/mol. The zero-order valence-electron chi connectivity index (χ0n) is 15.7. The Balaban J connectivity index is 1.48. The van der Waals surface area contributed by atoms with E-state index in [1.54, 1.807) is 7.11 Å². The molecule has 144 valence electrons. The van der Waals surface area contributed by atoms with Crippen LogP contribution in [0.1, 0.15) is 18.4 Å². The summed E-state index contributed by atoms with van der Waals surface area (Å²) < 4.78 is 5.16. The molecule has 28 heavy (non-hydrogen) atoms. The maximum atomic E-state index is 12.8. The maximum absolute atomic E-state index is 12.8. The lowest BCUT2D eigenvalue weighted by Crippen LogP contribution is -2.39. The van der Waals surface area contributed by atoms with E-state index in [-0.39, 0.29) is 11.9 Å². The monoisotopic (exact) mass is 395 g/mol. The van der Waals surface area contributed by atoms with Gasteiger partial charge in [-0.15, -0.1) is 0 Å². The van der Waals surface area contributed by atoms with Crippen LogP contribution in [0.4, 0.5) is 5.69 Å². The molecule has 3 aromatic rings. The number of hydrogen-bond donors (Lipinski definition) is 1. The van der Waals surface area contributed by atoms with Crippen molar-refractivity contribution >= 4 is 34.1 Å². The number of hydrogen-bond acceptors (Lipinski definition) is 4. The van der Waals surface area contributed by atoms with Gasteiger partial charge >= 0.3 is 0 Å². The molecule has 1 N–H and O–H groups in total. The average molecular weight is 396 g/mol. The van der Waals surface area contributed by atoms with Crippen molar-refractivity contribution in [3.05, 3.63) is 65.3 Å². The van der Waals surface area contributed by atoms with Crippen molar-refractivity contribution in [3.63, 3.8) is 0 Å². The molecule has 0 spiro atoms. The number of nitrogens with zero attached hydrogens (tertiary/aromatic N) is 2. The van der Waals surface area contributed by atoms with Crippen molar-refractivity contribution in [3.8, 4) is 5.75 Å². The molecule has 4 rings (SSSR count). The summed E-state index contributed by atoms with van der Waals surface area (Å²) in [6.07, 6.45) is 1.82. The highest BCUT2D eigenvalue weighted by atomic mass is 35.5. The number of anilines is 1. The lowest BCUT2D eigenvalue weighted by atomic mass is 10.1. The average Bonchev–Trinajstić information content (AvgIpc) is 3.17. The number of carbonyl (C=O) groups is 1.